The van der Waals surface area contributed by atoms with E-state index in [4.69, 9.17) is 4.74 Å². The summed E-state index contributed by atoms with van der Waals surface area (Å²) >= 11 is 1.31. The number of hydrogen-bond donors (Lipinski definition) is 1. The van der Waals surface area contributed by atoms with Gasteiger partial charge in [-0.1, -0.05) is 60.6 Å². The second-order valence-electron chi connectivity index (χ2n) is 6.32. The molecule has 28 heavy (non-hydrogen) atoms. The van der Waals surface area contributed by atoms with Crippen molar-refractivity contribution in [2.24, 2.45) is 0 Å². The van der Waals surface area contributed by atoms with Gasteiger partial charge in [0.25, 0.3) is 5.88 Å². The van der Waals surface area contributed by atoms with Gasteiger partial charge in [-0.05, 0) is 36.6 Å². The summed E-state index contributed by atoms with van der Waals surface area (Å²) < 4.78 is 5.82. The van der Waals surface area contributed by atoms with Gasteiger partial charge < -0.3 is 10.1 Å². The van der Waals surface area contributed by atoms with Crippen LogP contribution in [0.1, 0.15) is 23.6 Å². The molecule has 0 radical (unpaired) electrons. The molecule has 0 unspecified atom stereocenters. The largest absolute Gasteiger partial charge is 0.437 e. The third-order valence-electron chi connectivity index (χ3n) is 4.13. The fourth-order valence-electron chi connectivity index (χ4n) is 2.48. The van der Waals surface area contributed by atoms with E-state index in [0.717, 1.165) is 17.5 Å². The van der Waals surface area contributed by atoms with Crippen LogP contribution in [0.25, 0.3) is 0 Å². The quantitative estimate of drug-likeness (QED) is 0.569. The Kier molecular flexibility index (Phi) is 7.03. The van der Waals surface area contributed by atoms with Gasteiger partial charge in [0.05, 0.1) is 5.75 Å². The molecule has 3 rings (SSSR count). The maximum Gasteiger partial charge on any atom is 0.252 e. The lowest BCUT2D eigenvalue weighted by atomic mass is 10.1. The molecule has 0 aliphatic rings. The van der Waals surface area contributed by atoms with Crippen LogP contribution in [0.2, 0.25) is 0 Å². The van der Waals surface area contributed by atoms with E-state index in [1.54, 1.807) is 12.4 Å². The summed E-state index contributed by atoms with van der Waals surface area (Å²) in [4.78, 5) is 20.7. The first-order chi connectivity index (χ1) is 13.6. The predicted octanol–water partition coefficient (Wildman–Crippen LogP) is 4.55. The second-order valence-corrected chi connectivity index (χ2v) is 7.28. The molecular formula is C22H23N3O2S. The highest BCUT2D eigenvalue weighted by Gasteiger charge is 2.11. The Balaban J connectivity index is 1.53. The Morgan fingerprint density at radius 3 is 2.39 bits per heavy atom. The molecule has 1 aromatic heterocycles. The van der Waals surface area contributed by atoms with Crippen LogP contribution < -0.4 is 10.1 Å². The maximum absolute atomic E-state index is 12.2. The molecule has 0 spiro atoms. The number of rotatable bonds is 8. The van der Waals surface area contributed by atoms with Gasteiger partial charge >= 0.3 is 0 Å². The first-order valence-corrected chi connectivity index (χ1v) is 10.2. The molecule has 1 amide bonds. The van der Waals surface area contributed by atoms with Crippen LogP contribution in [0.3, 0.4) is 0 Å². The fourth-order valence-corrected chi connectivity index (χ4v) is 3.20. The summed E-state index contributed by atoms with van der Waals surface area (Å²) in [5.74, 6) is 1.28. The number of nitrogens with one attached hydrogen (secondary N) is 1. The van der Waals surface area contributed by atoms with Gasteiger partial charge in [0.15, 0.2) is 5.03 Å². The zero-order valence-corrected chi connectivity index (χ0v) is 16.8. The SMILES string of the molecule is CCc1ccc(CNC(=O)CSc2nccnc2Oc2ccc(C)cc2)cc1. The van der Waals surface area contributed by atoms with E-state index in [1.165, 1.54) is 17.3 Å². The van der Waals surface area contributed by atoms with Crippen molar-refractivity contribution in [1.29, 1.82) is 0 Å². The molecule has 3 aromatic rings. The Hall–Kier alpha value is -2.86. The Bertz CT molecular complexity index is 912. The smallest absolute Gasteiger partial charge is 0.252 e. The molecule has 0 fully saturated rings. The van der Waals surface area contributed by atoms with E-state index in [0.29, 0.717) is 23.2 Å². The van der Waals surface area contributed by atoms with Gasteiger partial charge in [-0.15, -0.1) is 0 Å². The van der Waals surface area contributed by atoms with Crippen LogP contribution >= 0.6 is 11.8 Å². The molecule has 144 valence electrons. The molecule has 1 heterocycles. The molecule has 6 heteroatoms. The van der Waals surface area contributed by atoms with Gasteiger partial charge in [0, 0.05) is 18.9 Å². The predicted molar refractivity (Wildman–Crippen MR) is 112 cm³/mol. The van der Waals surface area contributed by atoms with E-state index in [1.807, 2.05) is 43.3 Å². The van der Waals surface area contributed by atoms with Crippen molar-refractivity contribution < 1.29 is 9.53 Å². The minimum Gasteiger partial charge on any atom is -0.437 e. The zero-order valence-electron chi connectivity index (χ0n) is 16.0. The zero-order chi connectivity index (χ0) is 19.8. The van der Waals surface area contributed by atoms with E-state index < -0.39 is 0 Å². The molecule has 0 saturated carbocycles. The van der Waals surface area contributed by atoms with Crippen LogP contribution in [0, 0.1) is 6.92 Å². The summed E-state index contributed by atoms with van der Waals surface area (Å²) in [5.41, 5.74) is 3.52. The summed E-state index contributed by atoms with van der Waals surface area (Å²) in [6.45, 7) is 4.65. The molecule has 0 aliphatic heterocycles. The van der Waals surface area contributed by atoms with Crippen LogP contribution in [-0.2, 0) is 17.8 Å². The average Bonchev–Trinajstić information content (AvgIpc) is 2.73. The van der Waals surface area contributed by atoms with Gasteiger partial charge in [-0.3, -0.25) is 4.79 Å². The molecule has 0 aliphatic carbocycles. The number of aryl methyl sites for hydroxylation is 2. The Labute approximate surface area is 169 Å². The summed E-state index contributed by atoms with van der Waals surface area (Å²) in [6.07, 6.45) is 4.18. The average molecular weight is 394 g/mol. The van der Waals surface area contributed by atoms with E-state index in [9.17, 15) is 4.79 Å². The van der Waals surface area contributed by atoms with Crippen LogP contribution in [0.15, 0.2) is 66.0 Å². The molecule has 0 atom stereocenters. The summed E-state index contributed by atoms with van der Waals surface area (Å²) in [7, 11) is 0. The summed E-state index contributed by atoms with van der Waals surface area (Å²) in [6, 6.07) is 16.0. The maximum atomic E-state index is 12.2. The standard InChI is InChI=1S/C22H23N3O2S/c1-3-17-6-8-18(9-7-17)14-25-20(26)15-28-22-21(23-12-13-24-22)27-19-10-4-16(2)5-11-19/h4-13H,3,14-15H2,1-2H3,(H,25,26). The van der Waals surface area contributed by atoms with Crippen LogP contribution in [0.4, 0.5) is 0 Å². The van der Waals surface area contributed by atoms with E-state index in [-0.39, 0.29) is 11.7 Å². The lowest BCUT2D eigenvalue weighted by Crippen LogP contribution is -2.24. The van der Waals surface area contributed by atoms with Crippen molar-refractivity contribution in [3.05, 3.63) is 77.6 Å². The first kappa shape index (κ1) is 19.9. The molecule has 0 saturated heterocycles. The summed E-state index contributed by atoms with van der Waals surface area (Å²) in [5, 5.41) is 3.52. The number of carbonyl (C=O) groups is 1. The van der Waals surface area contributed by atoms with Crippen LogP contribution in [0.5, 0.6) is 11.6 Å². The highest BCUT2D eigenvalue weighted by Crippen LogP contribution is 2.28. The van der Waals surface area contributed by atoms with Gasteiger partial charge in [0.1, 0.15) is 5.75 Å². The molecule has 5 nitrogen and oxygen atoms in total. The third kappa shape index (κ3) is 5.82. The normalized spacial score (nSPS) is 10.5. The first-order valence-electron chi connectivity index (χ1n) is 9.17. The van der Waals surface area contributed by atoms with Crippen LogP contribution in [-0.4, -0.2) is 21.6 Å². The van der Waals surface area contributed by atoms with Crippen molar-refractivity contribution in [3.63, 3.8) is 0 Å². The monoisotopic (exact) mass is 393 g/mol. The lowest BCUT2D eigenvalue weighted by Gasteiger charge is -2.09. The van der Waals surface area contributed by atoms with Gasteiger partial charge in [0.2, 0.25) is 5.91 Å². The van der Waals surface area contributed by atoms with Crippen molar-refractivity contribution >= 4 is 17.7 Å². The minimum atomic E-state index is -0.0588. The fraction of sp³-hybridized carbons (Fsp3) is 0.227. The number of amides is 1. The Morgan fingerprint density at radius 1 is 1.00 bits per heavy atom. The minimum absolute atomic E-state index is 0.0588. The van der Waals surface area contributed by atoms with E-state index in [2.05, 4.69) is 34.3 Å². The number of ether oxygens (including phenoxy) is 1. The van der Waals surface area contributed by atoms with Crippen molar-refractivity contribution in [2.75, 3.05) is 5.75 Å². The van der Waals surface area contributed by atoms with Crippen molar-refractivity contribution in [2.45, 2.75) is 31.8 Å². The topological polar surface area (TPSA) is 64.1 Å². The Morgan fingerprint density at radius 2 is 1.68 bits per heavy atom. The highest BCUT2D eigenvalue weighted by molar-refractivity contribution is 8.00. The molecular weight excluding hydrogens is 370 g/mol. The van der Waals surface area contributed by atoms with Crippen molar-refractivity contribution in [3.8, 4) is 11.6 Å². The number of benzene rings is 2. The number of thioether (sulfide) groups is 1. The number of aromatic nitrogens is 2. The number of nitrogens with zero attached hydrogens (tertiary/aromatic N) is 2. The van der Waals surface area contributed by atoms with Crippen molar-refractivity contribution in [1.82, 2.24) is 15.3 Å². The third-order valence-corrected chi connectivity index (χ3v) is 5.09. The molecule has 2 aromatic carbocycles. The van der Waals surface area contributed by atoms with E-state index >= 15 is 0 Å². The lowest BCUT2D eigenvalue weighted by molar-refractivity contribution is -0.118. The number of carbonyl (C=O) groups excluding carboxylic acids is 1. The highest BCUT2D eigenvalue weighted by atomic mass is 32.2. The molecule has 1 N–H and O–H groups in total. The van der Waals surface area contributed by atoms with Gasteiger partial charge in [-0.2, -0.15) is 0 Å². The molecule has 0 bridgehead atoms. The van der Waals surface area contributed by atoms with Gasteiger partial charge in [-0.25, -0.2) is 9.97 Å². The second kappa shape index (κ2) is 9.90. The number of hydrogen-bond acceptors (Lipinski definition) is 5.